The summed E-state index contributed by atoms with van der Waals surface area (Å²) in [6.45, 7) is 1.06. The van der Waals surface area contributed by atoms with Gasteiger partial charge in [-0.15, -0.1) is 11.6 Å². The second kappa shape index (κ2) is 6.53. The van der Waals surface area contributed by atoms with E-state index in [1.165, 1.54) is 0 Å². The molecule has 0 unspecified atom stereocenters. The Labute approximate surface area is 140 Å². The molecule has 0 amide bonds. The van der Waals surface area contributed by atoms with Crippen LogP contribution >= 0.6 is 23.2 Å². The Morgan fingerprint density at radius 1 is 0.950 bits per heavy atom. The van der Waals surface area contributed by atoms with E-state index in [1.54, 1.807) is 6.07 Å². The maximum atomic E-state index is 6.01. The summed E-state index contributed by atoms with van der Waals surface area (Å²) in [6, 6.07) is 16.0. The molecule has 0 aliphatic carbocycles. The Morgan fingerprint density at radius 2 is 1.60 bits per heavy atom. The first kappa shape index (κ1) is 15.9. The Bertz CT molecular complexity index is 581. The number of benzene rings is 2. The quantitative estimate of drug-likeness (QED) is 0.610. The van der Waals surface area contributed by atoms with E-state index in [0.29, 0.717) is 23.3 Å². The SMILES string of the molecule is Clc1[c-]c(C2(c3ccc(Cl)cc3)OCCO2)ccc1.[Li+]. The molecule has 2 aromatic carbocycles. The minimum Gasteiger partial charge on any atom is -0.341 e. The summed E-state index contributed by atoms with van der Waals surface area (Å²) in [5.74, 6) is -0.935. The first-order chi connectivity index (χ1) is 9.21. The molecule has 1 heterocycles. The maximum absolute atomic E-state index is 6.01. The Kier molecular flexibility index (Phi) is 5.20. The molecule has 1 aliphatic rings. The molecule has 2 aromatic rings. The van der Waals surface area contributed by atoms with Crippen LogP contribution in [0.2, 0.25) is 10.0 Å². The Hall–Kier alpha value is -0.463. The zero-order chi connectivity index (χ0) is 13.3. The van der Waals surface area contributed by atoms with Crippen molar-refractivity contribution in [3.8, 4) is 0 Å². The second-order valence-corrected chi connectivity index (χ2v) is 5.08. The van der Waals surface area contributed by atoms with Crippen LogP contribution in [0.5, 0.6) is 0 Å². The fraction of sp³-hybridized carbons (Fsp3) is 0.200. The topological polar surface area (TPSA) is 18.5 Å². The molecular weight excluding hydrogens is 290 g/mol. The van der Waals surface area contributed by atoms with Crippen molar-refractivity contribution in [3.63, 3.8) is 0 Å². The van der Waals surface area contributed by atoms with Crippen LogP contribution in [0, 0.1) is 6.07 Å². The summed E-state index contributed by atoms with van der Waals surface area (Å²) in [4.78, 5) is 0. The van der Waals surface area contributed by atoms with E-state index in [9.17, 15) is 0 Å². The smallest absolute Gasteiger partial charge is 0.341 e. The fourth-order valence-corrected chi connectivity index (χ4v) is 2.49. The summed E-state index contributed by atoms with van der Waals surface area (Å²) in [5, 5.41) is 1.21. The zero-order valence-corrected chi connectivity index (χ0v) is 12.5. The van der Waals surface area contributed by atoms with Crippen LogP contribution in [0.25, 0.3) is 0 Å². The first-order valence-electron chi connectivity index (χ1n) is 5.93. The van der Waals surface area contributed by atoms with Gasteiger partial charge in [-0.25, -0.2) is 0 Å². The number of hydrogen-bond acceptors (Lipinski definition) is 2. The van der Waals surface area contributed by atoms with Crippen molar-refractivity contribution in [1.82, 2.24) is 0 Å². The maximum Gasteiger partial charge on any atom is 1.00 e. The molecule has 0 aromatic heterocycles. The van der Waals surface area contributed by atoms with Gasteiger partial charge >= 0.3 is 18.9 Å². The average molecular weight is 301 g/mol. The van der Waals surface area contributed by atoms with Crippen LogP contribution in [0.4, 0.5) is 0 Å². The molecule has 1 saturated heterocycles. The van der Waals surface area contributed by atoms with Crippen LogP contribution in [0.3, 0.4) is 0 Å². The third-order valence-corrected chi connectivity index (χ3v) is 3.50. The Balaban J connectivity index is 0.00000147. The van der Waals surface area contributed by atoms with Gasteiger partial charge in [0.25, 0.3) is 0 Å². The van der Waals surface area contributed by atoms with E-state index in [-0.39, 0.29) is 18.9 Å². The van der Waals surface area contributed by atoms with Crippen LogP contribution in [0.1, 0.15) is 11.1 Å². The summed E-state index contributed by atoms with van der Waals surface area (Å²) < 4.78 is 11.7. The van der Waals surface area contributed by atoms with E-state index in [0.717, 1.165) is 11.1 Å². The van der Waals surface area contributed by atoms with Gasteiger partial charge in [-0.2, -0.15) is 24.3 Å². The van der Waals surface area contributed by atoms with Crippen LogP contribution in [0.15, 0.2) is 42.5 Å². The van der Waals surface area contributed by atoms with Crippen molar-refractivity contribution in [2.24, 2.45) is 0 Å². The van der Waals surface area contributed by atoms with Gasteiger partial charge in [0.2, 0.25) is 0 Å². The Morgan fingerprint density at radius 3 is 2.20 bits per heavy atom. The van der Waals surface area contributed by atoms with Crippen LogP contribution in [-0.4, -0.2) is 13.2 Å². The molecule has 0 N–H and O–H groups in total. The van der Waals surface area contributed by atoms with Gasteiger partial charge < -0.3 is 9.47 Å². The first-order valence-corrected chi connectivity index (χ1v) is 6.68. The van der Waals surface area contributed by atoms with Crippen molar-refractivity contribution in [1.29, 1.82) is 0 Å². The molecule has 0 atom stereocenters. The number of rotatable bonds is 2. The van der Waals surface area contributed by atoms with Crippen molar-refractivity contribution < 1.29 is 28.3 Å². The van der Waals surface area contributed by atoms with Crippen LogP contribution < -0.4 is 18.9 Å². The minimum atomic E-state index is -0.935. The van der Waals surface area contributed by atoms with Crippen molar-refractivity contribution >= 4 is 23.2 Å². The van der Waals surface area contributed by atoms with Crippen molar-refractivity contribution in [3.05, 3.63) is 69.7 Å². The molecule has 0 spiro atoms. The fourth-order valence-electron chi connectivity index (χ4n) is 2.19. The molecule has 2 nitrogen and oxygen atoms in total. The van der Waals surface area contributed by atoms with Gasteiger partial charge in [-0.3, -0.25) is 0 Å². The molecule has 0 bridgehead atoms. The van der Waals surface area contributed by atoms with E-state index in [1.807, 2.05) is 36.4 Å². The van der Waals surface area contributed by atoms with Crippen molar-refractivity contribution in [2.45, 2.75) is 5.79 Å². The minimum absolute atomic E-state index is 0. The molecule has 0 saturated carbocycles. The molecule has 1 fully saturated rings. The number of hydrogen-bond donors (Lipinski definition) is 0. The summed E-state index contributed by atoms with van der Waals surface area (Å²) in [7, 11) is 0. The summed E-state index contributed by atoms with van der Waals surface area (Å²) in [5.41, 5.74) is 1.65. The molecule has 20 heavy (non-hydrogen) atoms. The van der Waals surface area contributed by atoms with E-state index in [4.69, 9.17) is 32.7 Å². The standard InChI is InChI=1S/C15H11Cl2O2.Li/c16-13-6-4-11(5-7-13)15(18-8-9-19-15)12-2-1-3-14(17)10-12;/h1-7H,8-9H2;/q-1;+1. The van der Waals surface area contributed by atoms with Crippen LogP contribution in [-0.2, 0) is 15.3 Å². The molecule has 1 aliphatic heterocycles. The summed E-state index contributed by atoms with van der Waals surface area (Å²) in [6.07, 6.45) is 0. The normalized spacial score (nSPS) is 16.7. The van der Waals surface area contributed by atoms with E-state index >= 15 is 0 Å². The zero-order valence-electron chi connectivity index (χ0n) is 11.0. The molecule has 0 radical (unpaired) electrons. The van der Waals surface area contributed by atoms with Gasteiger partial charge in [0.05, 0.1) is 13.2 Å². The van der Waals surface area contributed by atoms with Gasteiger partial charge in [-0.1, -0.05) is 34.3 Å². The summed E-state index contributed by atoms with van der Waals surface area (Å²) >= 11 is 11.9. The monoisotopic (exact) mass is 300 g/mol. The van der Waals surface area contributed by atoms with Gasteiger partial charge in [0.15, 0.2) is 5.79 Å². The second-order valence-electron chi connectivity index (χ2n) is 4.23. The molecular formula is C15H11Cl2LiO2. The van der Waals surface area contributed by atoms with Gasteiger partial charge in [-0.05, 0) is 12.1 Å². The molecule has 98 valence electrons. The third kappa shape index (κ3) is 2.92. The van der Waals surface area contributed by atoms with Crippen molar-refractivity contribution in [2.75, 3.05) is 13.2 Å². The average Bonchev–Trinajstić information content (AvgIpc) is 2.90. The third-order valence-electron chi connectivity index (χ3n) is 3.03. The number of halogens is 2. The van der Waals surface area contributed by atoms with E-state index < -0.39 is 5.79 Å². The predicted octanol–water partition coefficient (Wildman–Crippen LogP) is 1.05. The van der Waals surface area contributed by atoms with Gasteiger partial charge in [0.1, 0.15) is 0 Å². The largest absolute Gasteiger partial charge is 1.00 e. The molecule has 3 rings (SSSR count). The predicted molar refractivity (Wildman–Crippen MR) is 74.4 cm³/mol. The number of ether oxygens (including phenoxy) is 2. The molecule has 5 heteroatoms. The van der Waals surface area contributed by atoms with Gasteiger partial charge in [0, 0.05) is 10.6 Å². The van der Waals surface area contributed by atoms with E-state index in [2.05, 4.69) is 6.07 Å².